The van der Waals surface area contributed by atoms with Crippen molar-refractivity contribution in [2.75, 3.05) is 0 Å². The highest BCUT2D eigenvalue weighted by molar-refractivity contribution is 5.78. The van der Waals surface area contributed by atoms with Crippen LogP contribution in [-0.2, 0) is 9.59 Å². The van der Waals surface area contributed by atoms with E-state index < -0.39 is 0 Å². The van der Waals surface area contributed by atoms with Gasteiger partial charge in [-0.2, -0.15) is 0 Å². The lowest BCUT2D eigenvalue weighted by atomic mass is 9.44. The predicted octanol–water partition coefficient (Wildman–Crippen LogP) is 9.90. The second kappa shape index (κ2) is 14.7. The van der Waals surface area contributed by atoms with E-state index in [2.05, 4.69) is 106 Å². The fourth-order valence-corrected chi connectivity index (χ4v) is 16.5. The summed E-state index contributed by atoms with van der Waals surface area (Å²) < 4.78 is 0. The molecule has 4 N–H and O–H groups in total. The normalized spacial score (nSPS) is 47.1. The number of rotatable bonds is 4. The van der Waals surface area contributed by atoms with Crippen molar-refractivity contribution in [2.24, 2.45) is 57.2 Å². The summed E-state index contributed by atoms with van der Waals surface area (Å²) in [6, 6.07) is 20.6. The Morgan fingerprint density at radius 2 is 0.983 bits per heavy atom. The number of hydrogen-bond donors (Lipinski definition) is 4. The molecule has 9 fully saturated rings. The molecule has 2 aliphatic heterocycles. The van der Waals surface area contributed by atoms with Crippen LogP contribution in [0, 0.1) is 71.0 Å². The van der Waals surface area contributed by atoms with E-state index in [-0.39, 0.29) is 40.2 Å². The quantitative estimate of drug-likeness (QED) is 0.248. The monoisotopic (exact) mass is 802 g/mol. The summed E-state index contributed by atoms with van der Waals surface area (Å²) in [4.78, 5) is 24.6. The molecule has 7 aliphatic carbocycles. The lowest BCUT2D eigenvalue weighted by Gasteiger charge is -2.62. The van der Waals surface area contributed by atoms with Crippen molar-refractivity contribution in [1.82, 2.24) is 16.0 Å². The molecule has 2 aromatic rings. The van der Waals surface area contributed by atoms with Crippen LogP contribution < -0.4 is 16.0 Å². The number of benzene rings is 2. The zero-order valence-corrected chi connectivity index (χ0v) is 37.2. The van der Waals surface area contributed by atoms with Crippen molar-refractivity contribution in [3.8, 4) is 0 Å². The molecule has 320 valence electrons. The van der Waals surface area contributed by atoms with Crippen LogP contribution in [0.5, 0.6) is 0 Å². The molecular weight excluding hydrogens is 727 g/mol. The molecule has 0 radical (unpaired) electrons. The van der Waals surface area contributed by atoms with E-state index >= 15 is 0 Å². The first-order chi connectivity index (χ1) is 28.2. The number of hydrogen-bond acceptors (Lipinski definition) is 4. The van der Waals surface area contributed by atoms with E-state index in [4.69, 9.17) is 0 Å². The van der Waals surface area contributed by atoms with Gasteiger partial charge in [0.05, 0.1) is 6.10 Å². The van der Waals surface area contributed by atoms with Crippen LogP contribution in [0.3, 0.4) is 0 Å². The number of aryl methyl sites for hydroxylation is 2. The van der Waals surface area contributed by atoms with Gasteiger partial charge >= 0.3 is 0 Å². The Bertz CT molecular complexity index is 1910. The summed E-state index contributed by atoms with van der Waals surface area (Å²) in [6.07, 6.45) is 18.2. The number of carbonyl (C=O) groups is 2. The first-order valence-electron chi connectivity index (χ1n) is 24.4. The Morgan fingerprint density at radius 3 is 1.47 bits per heavy atom. The number of fused-ring (bicyclic) bond motifs is 10. The standard InChI is InChI=1S/C28H40N2O.C25H35NO2/c1-17-4-6-18(7-5-17)20-16-24-28(3,15-13-25(31)30-24)22-12-14-27(2)21(26(20)22)10-11-23(27)29-19-8-9-19;1-15-4-6-16(7-5-15)17-14-20-24(2,13-11-22(28)26-20)19-10-12-25(3)18(23(17)19)8-9-21(25)27/h4-7,19-24,26,29H,8-16H2,1-3H3,(H,30,31);4-7,17-21,23,27H,8-14H2,1-3H3,(H,26,28)/t20-,21+,22+,23+,24-,26+,27+,28-;17-,18+,19+,20-,21+,23+,24-,25+/m11/s1. The molecule has 0 bridgehead atoms. The molecular formula is C53H75N3O3. The van der Waals surface area contributed by atoms with Gasteiger partial charge in [0.15, 0.2) is 0 Å². The van der Waals surface area contributed by atoms with E-state index in [1.165, 1.54) is 67.2 Å². The van der Waals surface area contributed by atoms with E-state index in [0.29, 0.717) is 53.5 Å². The summed E-state index contributed by atoms with van der Waals surface area (Å²) in [5.41, 5.74) is 6.58. The first-order valence-corrected chi connectivity index (χ1v) is 24.4. The number of carbonyl (C=O) groups excluding carboxylic acids is 2. The van der Waals surface area contributed by atoms with Gasteiger partial charge in [-0.25, -0.2) is 0 Å². The molecule has 0 unspecified atom stereocenters. The highest BCUT2D eigenvalue weighted by atomic mass is 16.3. The minimum Gasteiger partial charge on any atom is -0.393 e. The van der Waals surface area contributed by atoms with Gasteiger partial charge in [0.25, 0.3) is 0 Å². The average Bonchev–Trinajstić information content (AvgIpc) is 3.91. The Balaban J connectivity index is 0.000000143. The Hall–Kier alpha value is -2.70. The van der Waals surface area contributed by atoms with Gasteiger partial charge in [0, 0.05) is 37.0 Å². The third kappa shape index (κ3) is 6.60. The molecule has 11 rings (SSSR count). The summed E-state index contributed by atoms with van der Waals surface area (Å²) >= 11 is 0. The zero-order chi connectivity index (χ0) is 41.1. The largest absolute Gasteiger partial charge is 0.393 e. The van der Waals surface area contributed by atoms with Crippen LogP contribution in [0.15, 0.2) is 48.5 Å². The van der Waals surface area contributed by atoms with Crippen molar-refractivity contribution in [3.05, 3.63) is 70.8 Å². The van der Waals surface area contributed by atoms with Crippen LogP contribution in [-0.4, -0.2) is 47.2 Å². The maximum absolute atomic E-state index is 12.4. The molecule has 6 heteroatoms. The van der Waals surface area contributed by atoms with Crippen molar-refractivity contribution in [2.45, 2.75) is 186 Å². The van der Waals surface area contributed by atoms with Crippen molar-refractivity contribution >= 4 is 11.8 Å². The number of aliphatic hydroxyl groups excluding tert-OH is 1. The molecule has 59 heavy (non-hydrogen) atoms. The summed E-state index contributed by atoms with van der Waals surface area (Å²) in [5, 5.41) is 21.8. The first kappa shape index (κ1) is 40.4. The molecule has 2 amide bonds. The minimum absolute atomic E-state index is 0.0746. The fourth-order valence-electron chi connectivity index (χ4n) is 16.5. The zero-order valence-electron chi connectivity index (χ0n) is 37.2. The second-order valence-electron chi connectivity index (χ2n) is 23.1. The van der Waals surface area contributed by atoms with Gasteiger partial charge in [-0.3, -0.25) is 9.59 Å². The van der Waals surface area contributed by atoms with Crippen LogP contribution in [0.25, 0.3) is 0 Å². The van der Waals surface area contributed by atoms with E-state index in [9.17, 15) is 14.7 Å². The molecule has 2 aromatic carbocycles. The van der Waals surface area contributed by atoms with Crippen LogP contribution in [0.1, 0.15) is 165 Å². The van der Waals surface area contributed by atoms with Gasteiger partial charge in [-0.15, -0.1) is 0 Å². The van der Waals surface area contributed by atoms with Crippen molar-refractivity contribution in [1.29, 1.82) is 0 Å². The van der Waals surface area contributed by atoms with Gasteiger partial charge in [0.2, 0.25) is 11.8 Å². The molecule has 6 nitrogen and oxygen atoms in total. The molecule has 2 heterocycles. The Morgan fingerprint density at radius 1 is 0.542 bits per heavy atom. The highest BCUT2D eigenvalue weighted by Crippen LogP contribution is 2.69. The summed E-state index contributed by atoms with van der Waals surface area (Å²) in [6.45, 7) is 14.3. The number of nitrogens with one attached hydrogen (secondary N) is 3. The maximum atomic E-state index is 12.4. The minimum atomic E-state index is -0.145. The molecule has 0 spiro atoms. The predicted molar refractivity (Wildman–Crippen MR) is 236 cm³/mol. The summed E-state index contributed by atoms with van der Waals surface area (Å²) in [7, 11) is 0. The Kier molecular flexibility index (Phi) is 10.1. The molecule has 9 aliphatic rings. The molecule has 2 saturated heterocycles. The average molecular weight is 802 g/mol. The van der Waals surface area contributed by atoms with E-state index in [1.54, 1.807) is 0 Å². The number of amides is 2. The van der Waals surface area contributed by atoms with Crippen LogP contribution in [0.2, 0.25) is 0 Å². The molecule has 0 aromatic heterocycles. The van der Waals surface area contributed by atoms with Crippen molar-refractivity contribution in [3.63, 3.8) is 0 Å². The van der Waals surface area contributed by atoms with Gasteiger partial charge in [-0.05, 0) is 184 Å². The number of aliphatic hydroxyl groups is 1. The molecule has 16 atom stereocenters. The SMILES string of the molecule is Cc1ccc([C@H]2C[C@H]3NC(=O)CC[C@]3(C)[C@H]3CC[C@]4(C)[C@@H](NC5CC5)CC[C@H]4[C@H]23)cc1.Cc1ccc([C@H]2C[C@H]3NC(=O)CC[C@]3(C)[C@H]3CC[C@]4(C)[C@@H](O)CC[C@H]4[C@H]23)cc1. The topological polar surface area (TPSA) is 90.5 Å². The van der Waals surface area contributed by atoms with Crippen molar-refractivity contribution < 1.29 is 14.7 Å². The van der Waals surface area contributed by atoms with Gasteiger partial charge in [0.1, 0.15) is 0 Å². The second-order valence-corrected chi connectivity index (χ2v) is 23.1. The fraction of sp³-hybridized carbons (Fsp3) is 0.736. The third-order valence-electron chi connectivity index (χ3n) is 20.3. The smallest absolute Gasteiger partial charge is 0.220 e. The lowest BCUT2D eigenvalue weighted by Crippen LogP contribution is -2.63. The highest BCUT2D eigenvalue weighted by Gasteiger charge is 2.65. The van der Waals surface area contributed by atoms with Gasteiger partial charge in [-0.1, -0.05) is 87.4 Å². The van der Waals surface area contributed by atoms with E-state index in [1.807, 2.05) is 0 Å². The Labute approximate surface area is 355 Å². The summed E-state index contributed by atoms with van der Waals surface area (Å²) in [5.74, 6) is 5.73. The lowest BCUT2D eigenvalue weighted by molar-refractivity contribution is -0.141. The maximum Gasteiger partial charge on any atom is 0.220 e. The third-order valence-corrected chi connectivity index (χ3v) is 20.3. The van der Waals surface area contributed by atoms with Gasteiger partial charge < -0.3 is 21.1 Å². The van der Waals surface area contributed by atoms with E-state index in [0.717, 1.165) is 75.2 Å². The van der Waals surface area contributed by atoms with Crippen LogP contribution >= 0.6 is 0 Å². The number of piperidine rings is 2. The molecule has 7 saturated carbocycles. The van der Waals surface area contributed by atoms with Crippen LogP contribution in [0.4, 0.5) is 0 Å².